The van der Waals surface area contributed by atoms with Crippen molar-refractivity contribution in [3.8, 4) is 0 Å². The first kappa shape index (κ1) is 23.7. The summed E-state index contributed by atoms with van der Waals surface area (Å²) in [7, 11) is 1.72. The zero-order valence-electron chi connectivity index (χ0n) is 16.5. The highest BCUT2D eigenvalue weighted by molar-refractivity contribution is 8.75. The molecule has 10 heteroatoms. The SMILES string of the molecule is O=C(O)CCCCCCCCCCC1CC(=O)N(SSN2C(=O)CCC2=O)C1=O. The summed E-state index contributed by atoms with van der Waals surface area (Å²) in [5.74, 6) is -2.12. The van der Waals surface area contributed by atoms with Gasteiger partial charge in [-0.1, -0.05) is 44.9 Å². The van der Waals surface area contributed by atoms with E-state index in [1.807, 2.05) is 0 Å². The molecule has 2 aliphatic rings. The number of unbranched alkanes of at least 4 members (excludes halogenated alkanes) is 7. The number of imide groups is 2. The third-order valence-electron chi connectivity index (χ3n) is 5.08. The Morgan fingerprint density at radius 1 is 0.793 bits per heavy atom. The van der Waals surface area contributed by atoms with Crippen LogP contribution in [0.5, 0.6) is 0 Å². The highest BCUT2D eigenvalue weighted by Gasteiger charge is 2.40. The summed E-state index contributed by atoms with van der Waals surface area (Å²) < 4.78 is 2.12. The molecule has 2 rings (SSSR count). The second-order valence-corrected chi connectivity index (χ2v) is 9.34. The van der Waals surface area contributed by atoms with E-state index >= 15 is 0 Å². The van der Waals surface area contributed by atoms with Gasteiger partial charge in [-0.2, -0.15) is 0 Å². The van der Waals surface area contributed by atoms with Crippen molar-refractivity contribution in [3.05, 3.63) is 0 Å². The smallest absolute Gasteiger partial charge is 0.303 e. The zero-order chi connectivity index (χ0) is 21.2. The predicted molar refractivity (Wildman–Crippen MR) is 110 cm³/mol. The third-order valence-corrected chi connectivity index (χ3v) is 7.33. The predicted octanol–water partition coefficient (Wildman–Crippen LogP) is 3.71. The fourth-order valence-corrected chi connectivity index (χ4v) is 5.64. The minimum absolute atomic E-state index is 0.180. The Morgan fingerprint density at radius 3 is 1.90 bits per heavy atom. The summed E-state index contributed by atoms with van der Waals surface area (Å²) in [6.07, 6.45) is 9.36. The Balaban J connectivity index is 1.56. The molecule has 29 heavy (non-hydrogen) atoms. The molecule has 0 aliphatic carbocycles. The quantitative estimate of drug-likeness (QED) is 0.187. The molecule has 1 atom stereocenters. The second kappa shape index (κ2) is 12.2. The van der Waals surface area contributed by atoms with E-state index in [1.54, 1.807) is 0 Å². The second-order valence-electron chi connectivity index (χ2n) is 7.42. The number of hydrogen-bond acceptors (Lipinski definition) is 7. The topological polar surface area (TPSA) is 112 Å². The van der Waals surface area contributed by atoms with Crippen LogP contribution in [0.15, 0.2) is 0 Å². The fourth-order valence-electron chi connectivity index (χ4n) is 3.41. The molecule has 1 N–H and O–H groups in total. The Kier molecular flexibility index (Phi) is 9.99. The number of carboxylic acid groups (broad SMARTS) is 1. The van der Waals surface area contributed by atoms with E-state index < -0.39 is 5.97 Å². The van der Waals surface area contributed by atoms with Crippen molar-refractivity contribution in [2.75, 3.05) is 0 Å². The summed E-state index contributed by atoms with van der Waals surface area (Å²) in [4.78, 5) is 58.2. The van der Waals surface area contributed by atoms with E-state index in [0.717, 1.165) is 81.9 Å². The van der Waals surface area contributed by atoms with Gasteiger partial charge in [-0.25, -0.2) is 8.61 Å². The lowest BCUT2D eigenvalue weighted by atomic mass is 9.98. The average Bonchev–Trinajstić information content (AvgIpc) is 3.13. The lowest BCUT2D eigenvalue weighted by molar-refractivity contribution is -0.137. The van der Waals surface area contributed by atoms with Crippen molar-refractivity contribution in [1.82, 2.24) is 8.61 Å². The molecule has 4 amide bonds. The Labute approximate surface area is 178 Å². The Morgan fingerprint density at radius 2 is 1.31 bits per heavy atom. The summed E-state index contributed by atoms with van der Waals surface area (Å²) in [6, 6.07) is 0. The van der Waals surface area contributed by atoms with Crippen LogP contribution in [0.25, 0.3) is 0 Å². The maximum atomic E-state index is 12.4. The van der Waals surface area contributed by atoms with Crippen molar-refractivity contribution in [2.45, 2.75) is 83.5 Å². The maximum Gasteiger partial charge on any atom is 0.303 e. The summed E-state index contributed by atoms with van der Waals surface area (Å²) in [6.45, 7) is 0. The van der Waals surface area contributed by atoms with Gasteiger partial charge in [-0.15, -0.1) is 0 Å². The number of aliphatic carboxylic acids is 1. The normalized spacial score (nSPS) is 19.7. The van der Waals surface area contributed by atoms with E-state index in [1.165, 1.54) is 0 Å². The van der Waals surface area contributed by atoms with Gasteiger partial charge in [0.15, 0.2) is 0 Å². The minimum atomic E-state index is -0.737. The molecular weight excluding hydrogens is 416 g/mol. The van der Waals surface area contributed by atoms with Crippen LogP contribution < -0.4 is 0 Å². The number of nitrogens with zero attached hydrogens (tertiary/aromatic N) is 2. The van der Waals surface area contributed by atoms with Crippen molar-refractivity contribution in [2.24, 2.45) is 5.92 Å². The van der Waals surface area contributed by atoms with Crippen LogP contribution in [0, 0.1) is 5.92 Å². The summed E-state index contributed by atoms with van der Waals surface area (Å²) >= 11 is 0. The van der Waals surface area contributed by atoms with E-state index in [2.05, 4.69) is 0 Å². The first-order valence-corrected chi connectivity index (χ1v) is 12.3. The highest BCUT2D eigenvalue weighted by Crippen LogP contribution is 2.39. The van der Waals surface area contributed by atoms with Crippen LogP contribution in [-0.2, 0) is 24.0 Å². The van der Waals surface area contributed by atoms with Crippen LogP contribution in [0.3, 0.4) is 0 Å². The first-order valence-electron chi connectivity index (χ1n) is 10.2. The molecule has 2 saturated heterocycles. The molecule has 2 aliphatic heterocycles. The number of carboxylic acids is 1. The lowest BCUT2D eigenvalue weighted by Crippen LogP contribution is -2.26. The van der Waals surface area contributed by atoms with Crippen molar-refractivity contribution < 1.29 is 29.1 Å². The molecule has 2 heterocycles. The molecule has 0 spiro atoms. The highest BCUT2D eigenvalue weighted by atomic mass is 33.1. The standard InChI is InChI=1S/C19H28N2O6S2/c22-15-11-12-16(23)20(15)28-29-21-17(24)13-14(19(21)27)9-7-5-3-1-2-4-6-8-10-18(25)26/h14H,1-13H2,(H,25,26). The van der Waals surface area contributed by atoms with E-state index in [-0.39, 0.29) is 55.2 Å². The Hall–Kier alpha value is -1.55. The molecule has 0 saturated carbocycles. The molecule has 0 aromatic heterocycles. The van der Waals surface area contributed by atoms with Gasteiger partial charge in [0.1, 0.15) is 0 Å². The van der Waals surface area contributed by atoms with Crippen molar-refractivity contribution >= 4 is 51.6 Å². The Bertz CT molecular complexity index is 626. The van der Waals surface area contributed by atoms with Crippen LogP contribution >= 0.6 is 22.0 Å². The number of amides is 4. The van der Waals surface area contributed by atoms with Crippen LogP contribution in [-0.4, -0.2) is 43.3 Å². The summed E-state index contributed by atoms with van der Waals surface area (Å²) in [5, 5.41) is 8.58. The van der Waals surface area contributed by atoms with Gasteiger partial charge in [-0.05, 0) is 12.8 Å². The molecule has 162 valence electrons. The molecule has 0 radical (unpaired) electrons. The van der Waals surface area contributed by atoms with Gasteiger partial charge < -0.3 is 5.11 Å². The largest absolute Gasteiger partial charge is 0.481 e. The van der Waals surface area contributed by atoms with Gasteiger partial charge in [-0.3, -0.25) is 24.0 Å². The molecule has 2 fully saturated rings. The summed E-state index contributed by atoms with van der Waals surface area (Å²) in [5.41, 5.74) is 0. The van der Waals surface area contributed by atoms with Gasteiger partial charge >= 0.3 is 5.97 Å². The lowest BCUT2D eigenvalue weighted by Gasteiger charge is -2.16. The number of carbonyl (C=O) groups is 5. The minimum Gasteiger partial charge on any atom is -0.481 e. The number of hydrogen-bond donors (Lipinski definition) is 1. The van der Waals surface area contributed by atoms with E-state index in [9.17, 15) is 24.0 Å². The molecule has 8 nitrogen and oxygen atoms in total. The zero-order valence-corrected chi connectivity index (χ0v) is 18.1. The van der Waals surface area contributed by atoms with Gasteiger partial charge in [0.05, 0.1) is 22.0 Å². The molecule has 1 unspecified atom stereocenters. The van der Waals surface area contributed by atoms with Gasteiger partial charge in [0.25, 0.3) is 0 Å². The third kappa shape index (κ3) is 7.65. The maximum absolute atomic E-state index is 12.4. The molecule has 0 bridgehead atoms. The van der Waals surface area contributed by atoms with Crippen LogP contribution in [0.1, 0.15) is 83.5 Å². The van der Waals surface area contributed by atoms with Gasteiger partial charge in [0, 0.05) is 31.6 Å². The molecular formula is C19H28N2O6S2. The van der Waals surface area contributed by atoms with Gasteiger partial charge in [0.2, 0.25) is 23.6 Å². The average molecular weight is 445 g/mol. The fraction of sp³-hybridized carbons (Fsp3) is 0.737. The number of rotatable bonds is 14. The van der Waals surface area contributed by atoms with Crippen LogP contribution in [0.2, 0.25) is 0 Å². The molecule has 0 aromatic carbocycles. The van der Waals surface area contributed by atoms with Crippen molar-refractivity contribution in [3.63, 3.8) is 0 Å². The van der Waals surface area contributed by atoms with E-state index in [0.29, 0.717) is 6.42 Å². The number of carbonyl (C=O) groups excluding carboxylic acids is 4. The monoisotopic (exact) mass is 444 g/mol. The van der Waals surface area contributed by atoms with Crippen molar-refractivity contribution in [1.29, 1.82) is 0 Å². The van der Waals surface area contributed by atoms with Crippen LogP contribution in [0.4, 0.5) is 0 Å². The first-order chi connectivity index (χ1) is 13.9. The molecule has 0 aromatic rings. The van der Waals surface area contributed by atoms with E-state index in [4.69, 9.17) is 5.11 Å².